The number of fused-ring (bicyclic) bond motifs is 1. The highest BCUT2D eigenvalue weighted by Crippen LogP contribution is 2.26. The molecule has 0 radical (unpaired) electrons. The fourth-order valence-electron chi connectivity index (χ4n) is 2.34. The van der Waals surface area contributed by atoms with Gasteiger partial charge >= 0.3 is 0 Å². The smallest absolute Gasteiger partial charge is 0.273 e. The summed E-state index contributed by atoms with van der Waals surface area (Å²) in [6.07, 6.45) is 1.44. The summed E-state index contributed by atoms with van der Waals surface area (Å²) in [4.78, 5) is 17.1. The fourth-order valence-corrected chi connectivity index (χ4v) is 2.34. The van der Waals surface area contributed by atoms with E-state index >= 15 is 0 Å². The molecule has 1 aromatic carbocycles. The number of nitrogens with one attached hydrogen (secondary N) is 1. The third-order valence-electron chi connectivity index (χ3n) is 3.75. The lowest BCUT2D eigenvalue weighted by molar-refractivity contribution is 0.467. The van der Waals surface area contributed by atoms with Crippen LogP contribution in [0.5, 0.6) is 0 Å². The molecule has 2 aromatic rings. The van der Waals surface area contributed by atoms with E-state index in [-0.39, 0.29) is 11.0 Å². The largest absolute Gasteiger partial charge is 0.310 e. The molecule has 0 spiro atoms. The standard InChI is InChI=1S/C16H21N3O/c1-11(17)9-10-16(2,3)14-15(20)19(4)13-8-6-5-7-12(13)18-14/h5-8,17H,9-10H2,1-4H3. The number of para-hydroxylation sites is 2. The van der Waals surface area contributed by atoms with Gasteiger partial charge in [-0.1, -0.05) is 26.0 Å². The molecule has 2 rings (SSSR count). The van der Waals surface area contributed by atoms with Crippen molar-refractivity contribution in [1.82, 2.24) is 9.55 Å². The molecule has 0 bridgehead atoms. The van der Waals surface area contributed by atoms with Crippen LogP contribution >= 0.6 is 0 Å². The first-order chi connectivity index (χ1) is 9.33. The molecule has 0 amide bonds. The number of hydrogen-bond donors (Lipinski definition) is 1. The zero-order chi connectivity index (χ0) is 14.9. The van der Waals surface area contributed by atoms with Crippen molar-refractivity contribution in [3.8, 4) is 0 Å². The van der Waals surface area contributed by atoms with Crippen LogP contribution in [0.25, 0.3) is 11.0 Å². The normalized spacial score (nSPS) is 11.8. The lowest BCUT2D eigenvalue weighted by Crippen LogP contribution is -2.33. The lowest BCUT2D eigenvalue weighted by Gasteiger charge is -2.24. The van der Waals surface area contributed by atoms with Crippen molar-refractivity contribution in [3.05, 3.63) is 40.3 Å². The molecule has 106 valence electrons. The summed E-state index contributed by atoms with van der Waals surface area (Å²) in [7, 11) is 1.79. The lowest BCUT2D eigenvalue weighted by atomic mass is 9.83. The maximum absolute atomic E-state index is 12.5. The molecular formula is C16H21N3O. The van der Waals surface area contributed by atoms with Gasteiger partial charge in [-0.05, 0) is 31.9 Å². The third kappa shape index (κ3) is 2.64. The Hall–Kier alpha value is -1.97. The summed E-state index contributed by atoms with van der Waals surface area (Å²) >= 11 is 0. The van der Waals surface area contributed by atoms with Crippen molar-refractivity contribution in [3.63, 3.8) is 0 Å². The number of rotatable bonds is 4. The summed E-state index contributed by atoms with van der Waals surface area (Å²) in [6, 6.07) is 7.67. The van der Waals surface area contributed by atoms with Crippen molar-refractivity contribution in [1.29, 1.82) is 5.41 Å². The van der Waals surface area contributed by atoms with Crippen LogP contribution in [0.3, 0.4) is 0 Å². The zero-order valence-electron chi connectivity index (χ0n) is 12.5. The van der Waals surface area contributed by atoms with Gasteiger partial charge in [0.25, 0.3) is 5.56 Å². The predicted octanol–water partition coefficient (Wildman–Crippen LogP) is 3.03. The van der Waals surface area contributed by atoms with Gasteiger partial charge in [0.05, 0.1) is 11.0 Å². The summed E-state index contributed by atoms with van der Waals surface area (Å²) in [5.74, 6) is 0. The highest BCUT2D eigenvalue weighted by molar-refractivity contribution is 5.78. The molecule has 4 nitrogen and oxygen atoms in total. The Morgan fingerprint density at radius 1 is 1.35 bits per heavy atom. The summed E-state index contributed by atoms with van der Waals surface area (Å²) in [5.41, 5.74) is 2.53. The third-order valence-corrected chi connectivity index (χ3v) is 3.75. The van der Waals surface area contributed by atoms with Crippen molar-refractivity contribution in [2.45, 2.75) is 39.0 Å². The van der Waals surface area contributed by atoms with E-state index < -0.39 is 0 Å². The summed E-state index contributed by atoms with van der Waals surface area (Å²) in [6.45, 7) is 5.84. The van der Waals surface area contributed by atoms with Crippen LogP contribution < -0.4 is 5.56 Å². The van der Waals surface area contributed by atoms with Crippen molar-refractivity contribution in [2.75, 3.05) is 0 Å². The summed E-state index contributed by atoms with van der Waals surface area (Å²) < 4.78 is 1.66. The Kier molecular flexibility index (Phi) is 3.75. The monoisotopic (exact) mass is 271 g/mol. The first kappa shape index (κ1) is 14.4. The highest BCUT2D eigenvalue weighted by atomic mass is 16.1. The van der Waals surface area contributed by atoms with E-state index in [1.54, 1.807) is 18.5 Å². The van der Waals surface area contributed by atoms with Crippen LogP contribution in [0.4, 0.5) is 0 Å². The van der Waals surface area contributed by atoms with Crippen LogP contribution in [0.2, 0.25) is 0 Å². The van der Waals surface area contributed by atoms with Gasteiger partial charge in [-0.25, -0.2) is 4.98 Å². The number of aryl methyl sites for hydroxylation is 1. The summed E-state index contributed by atoms with van der Waals surface area (Å²) in [5, 5.41) is 7.56. The number of aromatic nitrogens is 2. The molecule has 1 aromatic heterocycles. The maximum Gasteiger partial charge on any atom is 0.273 e. The average molecular weight is 271 g/mol. The van der Waals surface area contributed by atoms with Gasteiger partial charge in [0.2, 0.25) is 0 Å². The Labute approximate surface area is 119 Å². The van der Waals surface area contributed by atoms with Crippen LogP contribution in [-0.2, 0) is 12.5 Å². The van der Waals surface area contributed by atoms with Gasteiger partial charge in [0.1, 0.15) is 5.69 Å². The van der Waals surface area contributed by atoms with Gasteiger partial charge in [0.15, 0.2) is 0 Å². The van der Waals surface area contributed by atoms with Gasteiger partial charge < -0.3 is 9.98 Å². The van der Waals surface area contributed by atoms with Crippen molar-refractivity contribution in [2.24, 2.45) is 7.05 Å². The Bertz CT molecular complexity index is 713. The minimum Gasteiger partial charge on any atom is -0.310 e. The topological polar surface area (TPSA) is 58.7 Å². The second-order valence-electron chi connectivity index (χ2n) is 5.98. The maximum atomic E-state index is 12.5. The van der Waals surface area contributed by atoms with Crippen LogP contribution in [0, 0.1) is 5.41 Å². The number of benzene rings is 1. The second kappa shape index (κ2) is 5.19. The molecular weight excluding hydrogens is 250 g/mol. The van der Waals surface area contributed by atoms with E-state index in [1.165, 1.54) is 0 Å². The van der Waals surface area contributed by atoms with E-state index in [0.717, 1.165) is 17.5 Å². The second-order valence-corrected chi connectivity index (χ2v) is 5.98. The molecule has 0 saturated carbocycles. The molecule has 1 N–H and O–H groups in total. The molecule has 0 aliphatic carbocycles. The first-order valence-corrected chi connectivity index (χ1v) is 6.83. The quantitative estimate of drug-likeness (QED) is 0.869. The van der Waals surface area contributed by atoms with E-state index in [9.17, 15) is 4.79 Å². The molecule has 4 heteroatoms. The van der Waals surface area contributed by atoms with Gasteiger partial charge in [-0.2, -0.15) is 0 Å². The minimum atomic E-state index is -0.332. The van der Waals surface area contributed by atoms with Gasteiger partial charge in [-0.15, -0.1) is 0 Å². The predicted molar refractivity (Wildman–Crippen MR) is 82.6 cm³/mol. The SMILES string of the molecule is CC(=N)CCC(C)(C)c1nc2ccccc2n(C)c1=O. The molecule has 0 aliphatic rings. The molecule has 0 atom stereocenters. The first-order valence-electron chi connectivity index (χ1n) is 6.83. The zero-order valence-corrected chi connectivity index (χ0v) is 12.5. The molecule has 0 saturated heterocycles. The Balaban J connectivity index is 2.57. The van der Waals surface area contributed by atoms with E-state index in [4.69, 9.17) is 5.41 Å². The highest BCUT2D eigenvalue weighted by Gasteiger charge is 2.26. The van der Waals surface area contributed by atoms with Gasteiger partial charge in [0, 0.05) is 18.2 Å². The number of nitrogens with zero attached hydrogens (tertiary/aromatic N) is 2. The molecule has 0 fully saturated rings. The molecule has 20 heavy (non-hydrogen) atoms. The van der Waals surface area contributed by atoms with E-state index in [2.05, 4.69) is 4.98 Å². The van der Waals surface area contributed by atoms with Gasteiger partial charge in [-0.3, -0.25) is 4.79 Å². The molecule has 1 heterocycles. The van der Waals surface area contributed by atoms with E-state index in [1.807, 2.05) is 38.1 Å². The molecule has 0 unspecified atom stereocenters. The minimum absolute atomic E-state index is 0.0451. The van der Waals surface area contributed by atoms with Crippen molar-refractivity contribution < 1.29 is 0 Å². The van der Waals surface area contributed by atoms with Crippen LogP contribution in [0.15, 0.2) is 29.1 Å². The van der Waals surface area contributed by atoms with Crippen molar-refractivity contribution >= 4 is 16.7 Å². The van der Waals surface area contributed by atoms with Crippen LogP contribution in [-0.4, -0.2) is 15.3 Å². The Morgan fingerprint density at radius 2 is 2.00 bits per heavy atom. The van der Waals surface area contributed by atoms with Crippen LogP contribution in [0.1, 0.15) is 39.3 Å². The number of hydrogen-bond acceptors (Lipinski definition) is 3. The molecule has 0 aliphatic heterocycles. The average Bonchev–Trinajstić information content (AvgIpc) is 2.40. The van der Waals surface area contributed by atoms with E-state index in [0.29, 0.717) is 17.8 Å². The fraction of sp³-hybridized carbons (Fsp3) is 0.438. The Morgan fingerprint density at radius 3 is 2.65 bits per heavy atom.